The summed E-state index contributed by atoms with van der Waals surface area (Å²) >= 11 is 0. The van der Waals surface area contributed by atoms with Crippen LogP contribution in [0.2, 0.25) is 0 Å². The van der Waals surface area contributed by atoms with Crippen molar-refractivity contribution in [1.82, 2.24) is 19.4 Å². The highest BCUT2D eigenvalue weighted by Crippen LogP contribution is 2.34. The summed E-state index contributed by atoms with van der Waals surface area (Å²) in [7, 11) is 4.11. The Kier molecular flexibility index (Phi) is 8.58. The average Bonchev–Trinajstić information content (AvgIpc) is 3.51. The van der Waals surface area contributed by atoms with Crippen molar-refractivity contribution >= 4 is 35.1 Å². The molecular weight excluding hydrogens is 464 g/mol. The van der Waals surface area contributed by atoms with E-state index in [1.807, 2.05) is 87.0 Å². The Balaban J connectivity index is 1.87. The molecular formula is C30H36N4O3. The number of allylic oxidation sites excluding steroid dienone is 6. The largest absolute Gasteiger partial charge is 0.375 e. The number of aryl methyl sites for hydroxylation is 1. The van der Waals surface area contributed by atoms with E-state index in [4.69, 9.17) is 4.74 Å². The Bertz CT molecular complexity index is 1300. The van der Waals surface area contributed by atoms with Gasteiger partial charge in [0.2, 0.25) is 0 Å². The van der Waals surface area contributed by atoms with Gasteiger partial charge in [0.05, 0.1) is 23.9 Å². The zero-order valence-corrected chi connectivity index (χ0v) is 22.1. The molecule has 2 aliphatic heterocycles. The van der Waals surface area contributed by atoms with Crippen molar-refractivity contribution in [2.24, 2.45) is 0 Å². The van der Waals surface area contributed by atoms with E-state index in [2.05, 4.69) is 33.4 Å². The minimum absolute atomic E-state index is 0.0549. The number of amides is 2. The van der Waals surface area contributed by atoms with Crippen LogP contribution in [0.3, 0.4) is 0 Å². The van der Waals surface area contributed by atoms with Gasteiger partial charge in [0.15, 0.2) is 0 Å². The van der Waals surface area contributed by atoms with E-state index >= 15 is 0 Å². The Morgan fingerprint density at radius 2 is 1.43 bits per heavy atom. The van der Waals surface area contributed by atoms with E-state index < -0.39 is 0 Å². The van der Waals surface area contributed by atoms with E-state index in [0.29, 0.717) is 24.3 Å². The third kappa shape index (κ3) is 6.18. The molecule has 194 valence electrons. The number of hydrogen-bond acceptors (Lipinski definition) is 4. The molecule has 2 aliphatic rings. The molecule has 0 aliphatic carbocycles. The first-order valence-electron chi connectivity index (χ1n) is 12.8. The van der Waals surface area contributed by atoms with Gasteiger partial charge in [-0.1, -0.05) is 36.5 Å². The van der Waals surface area contributed by atoms with Crippen molar-refractivity contribution < 1.29 is 14.3 Å². The standard InChI is InChI=1S/C30H36N4O3/c1-5-7-9-11-24-17-22-19-33(24)14-13-26(21-32(3)4)37-16-15-34-20-23(18-25(34)12-10-8-6-2)28-27(22)29(35)31-30(28)36/h5-12,17-20,26H,13-16,21H2,1-4H3,(H,31,35,36). The summed E-state index contributed by atoms with van der Waals surface area (Å²) in [5, 5.41) is 2.52. The maximum absolute atomic E-state index is 13.0. The lowest BCUT2D eigenvalue weighted by Gasteiger charge is -2.22. The molecule has 1 N–H and O–H groups in total. The molecule has 7 nitrogen and oxygen atoms in total. The van der Waals surface area contributed by atoms with E-state index in [1.54, 1.807) is 0 Å². The maximum Gasteiger partial charge on any atom is 0.259 e. The number of likely N-dealkylation sites (N-methyl/N-ethyl adjacent to an activating group) is 1. The highest BCUT2D eigenvalue weighted by molar-refractivity contribution is 6.49. The summed E-state index contributed by atoms with van der Waals surface area (Å²) in [5.41, 5.74) is 4.21. The number of nitrogens with one attached hydrogen (secondary N) is 1. The Morgan fingerprint density at radius 1 is 0.892 bits per heavy atom. The van der Waals surface area contributed by atoms with Gasteiger partial charge in [-0.2, -0.15) is 0 Å². The van der Waals surface area contributed by atoms with Gasteiger partial charge in [0.1, 0.15) is 0 Å². The van der Waals surface area contributed by atoms with Gasteiger partial charge in [-0.3, -0.25) is 14.9 Å². The fourth-order valence-corrected chi connectivity index (χ4v) is 4.76. The quantitative estimate of drug-likeness (QED) is 0.472. The highest BCUT2D eigenvalue weighted by atomic mass is 16.5. The molecule has 7 heteroatoms. The van der Waals surface area contributed by atoms with E-state index in [1.165, 1.54) is 0 Å². The van der Waals surface area contributed by atoms with Crippen molar-refractivity contribution in [2.45, 2.75) is 39.5 Å². The fraction of sp³-hybridized carbons (Fsp3) is 0.333. The van der Waals surface area contributed by atoms with Gasteiger partial charge in [-0.25, -0.2) is 0 Å². The van der Waals surface area contributed by atoms with Crippen LogP contribution in [0, 0.1) is 0 Å². The first kappa shape index (κ1) is 26.4. The normalized spacial score (nSPS) is 19.2. The fourth-order valence-electron chi connectivity index (χ4n) is 4.76. The third-order valence-electron chi connectivity index (χ3n) is 6.46. The van der Waals surface area contributed by atoms with Crippen molar-refractivity contribution in [1.29, 1.82) is 0 Å². The minimum atomic E-state index is -0.366. The molecule has 0 radical (unpaired) electrons. The zero-order chi connectivity index (χ0) is 26.4. The van der Waals surface area contributed by atoms with Gasteiger partial charge in [0.25, 0.3) is 11.8 Å². The van der Waals surface area contributed by atoms with Crippen molar-refractivity contribution in [3.05, 3.63) is 83.5 Å². The number of carbonyl (C=O) groups is 2. The van der Waals surface area contributed by atoms with Crippen LogP contribution in [-0.2, 0) is 27.4 Å². The number of rotatable bonds is 6. The number of imide groups is 1. The van der Waals surface area contributed by atoms with E-state index in [0.717, 1.165) is 42.0 Å². The molecule has 4 rings (SSSR count). The smallest absolute Gasteiger partial charge is 0.259 e. The van der Waals surface area contributed by atoms with Crippen LogP contribution in [0.25, 0.3) is 23.3 Å². The molecule has 0 fully saturated rings. The van der Waals surface area contributed by atoms with Crippen LogP contribution >= 0.6 is 0 Å². The van der Waals surface area contributed by atoms with Gasteiger partial charge in [-0.15, -0.1) is 0 Å². The number of carbonyl (C=O) groups excluding carboxylic acids is 2. The predicted octanol–water partition coefficient (Wildman–Crippen LogP) is 4.39. The number of hydrogen-bond donors (Lipinski definition) is 1. The van der Waals surface area contributed by atoms with Crippen LogP contribution in [-0.4, -0.2) is 59.2 Å². The molecule has 4 heterocycles. The molecule has 0 saturated carbocycles. The van der Waals surface area contributed by atoms with Gasteiger partial charge in [0, 0.05) is 54.5 Å². The molecule has 1 atom stereocenters. The second kappa shape index (κ2) is 12.0. The number of aromatic nitrogens is 2. The molecule has 0 aromatic carbocycles. The topological polar surface area (TPSA) is 68.5 Å². The van der Waals surface area contributed by atoms with E-state index in [-0.39, 0.29) is 17.9 Å². The second-order valence-corrected chi connectivity index (χ2v) is 9.54. The minimum Gasteiger partial charge on any atom is -0.375 e. The lowest BCUT2D eigenvalue weighted by Crippen LogP contribution is -2.30. The van der Waals surface area contributed by atoms with Crippen LogP contribution in [0.5, 0.6) is 0 Å². The molecule has 0 saturated heterocycles. The van der Waals surface area contributed by atoms with Gasteiger partial charge < -0.3 is 18.8 Å². The SMILES string of the molecule is CC=CC=Cc1cc2cn1CCOC(CN(C)C)CCn1cc(cc1C=CC=CC)C1=C2C(=O)NC1=O. The molecule has 0 spiro atoms. The molecule has 1 unspecified atom stereocenters. The van der Waals surface area contributed by atoms with Crippen molar-refractivity contribution in [3.63, 3.8) is 0 Å². The molecule has 2 aromatic heterocycles. The molecule has 4 bridgehead atoms. The second-order valence-electron chi connectivity index (χ2n) is 9.54. The van der Waals surface area contributed by atoms with Crippen LogP contribution in [0.1, 0.15) is 42.8 Å². The Hall–Kier alpha value is -3.68. The lowest BCUT2D eigenvalue weighted by molar-refractivity contribution is -0.122. The number of nitrogens with zero attached hydrogens (tertiary/aromatic N) is 3. The maximum atomic E-state index is 13.0. The van der Waals surface area contributed by atoms with Crippen molar-refractivity contribution in [3.8, 4) is 0 Å². The van der Waals surface area contributed by atoms with Crippen LogP contribution in [0.15, 0.2) is 61.0 Å². The summed E-state index contributed by atoms with van der Waals surface area (Å²) < 4.78 is 10.6. The number of fused-ring (bicyclic) bond motifs is 6. The Morgan fingerprint density at radius 3 is 1.95 bits per heavy atom. The summed E-state index contributed by atoms with van der Waals surface area (Å²) in [6.45, 7) is 6.66. The summed E-state index contributed by atoms with van der Waals surface area (Å²) in [6.07, 6.45) is 20.7. The molecule has 37 heavy (non-hydrogen) atoms. The van der Waals surface area contributed by atoms with Gasteiger partial charge >= 0.3 is 0 Å². The highest BCUT2D eigenvalue weighted by Gasteiger charge is 2.34. The first-order valence-corrected chi connectivity index (χ1v) is 12.8. The summed E-state index contributed by atoms with van der Waals surface area (Å²) in [6, 6.07) is 3.95. The molecule has 2 amide bonds. The third-order valence-corrected chi connectivity index (χ3v) is 6.46. The zero-order valence-electron chi connectivity index (χ0n) is 22.1. The summed E-state index contributed by atoms with van der Waals surface area (Å²) in [4.78, 5) is 28.2. The first-order chi connectivity index (χ1) is 17.9. The van der Waals surface area contributed by atoms with E-state index in [9.17, 15) is 9.59 Å². The van der Waals surface area contributed by atoms with Crippen LogP contribution < -0.4 is 5.32 Å². The van der Waals surface area contributed by atoms with Crippen LogP contribution in [0.4, 0.5) is 0 Å². The average molecular weight is 501 g/mol. The van der Waals surface area contributed by atoms with Crippen molar-refractivity contribution in [2.75, 3.05) is 27.2 Å². The van der Waals surface area contributed by atoms with Gasteiger partial charge in [-0.05, 0) is 58.6 Å². The monoisotopic (exact) mass is 500 g/mol. The lowest BCUT2D eigenvalue weighted by atomic mass is 9.99. The summed E-state index contributed by atoms with van der Waals surface area (Å²) in [5.74, 6) is -0.727. The predicted molar refractivity (Wildman–Crippen MR) is 149 cm³/mol. The number of ether oxygens (including phenoxy) is 1. The molecule has 2 aromatic rings. The Labute approximate surface area is 219 Å².